The Kier molecular flexibility index (Phi) is 4.85. The molecule has 0 aromatic heterocycles. The highest BCUT2D eigenvalue weighted by Gasteiger charge is 2.37. The van der Waals surface area contributed by atoms with Crippen molar-refractivity contribution in [2.24, 2.45) is 17.8 Å². The molecule has 2 aliphatic heterocycles. The van der Waals surface area contributed by atoms with Gasteiger partial charge in [-0.05, 0) is 58.4 Å². The Morgan fingerprint density at radius 2 is 2.16 bits per heavy atom. The van der Waals surface area contributed by atoms with Gasteiger partial charge >= 0.3 is 5.97 Å². The van der Waals surface area contributed by atoms with Crippen molar-refractivity contribution in [3.05, 3.63) is 0 Å². The minimum absolute atomic E-state index is 0.0150. The fourth-order valence-corrected chi connectivity index (χ4v) is 3.06. The third kappa shape index (κ3) is 4.46. The molecule has 0 unspecified atom stereocenters. The van der Waals surface area contributed by atoms with E-state index in [0.29, 0.717) is 11.8 Å². The normalized spacial score (nSPS) is 32.3. The van der Waals surface area contributed by atoms with Crippen molar-refractivity contribution >= 4 is 5.97 Å². The third-order valence-electron chi connectivity index (χ3n) is 3.94. The molecule has 0 amide bonds. The topological polar surface area (TPSA) is 47.6 Å². The van der Waals surface area contributed by atoms with Crippen LogP contribution in [0.3, 0.4) is 0 Å². The predicted octanol–water partition coefficient (Wildman–Crippen LogP) is 1.98. The van der Waals surface area contributed by atoms with E-state index in [9.17, 15) is 4.79 Å². The van der Waals surface area contributed by atoms with E-state index < -0.39 is 5.60 Å². The van der Waals surface area contributed by atoms with Crippen LogP contribution in [0.4, 0.5) is 0 Å². The van der Waals surface area contributed by atoms with Crippen molar-refractivity contribution in [1.82, 2.24) is 5.32 Å². The predicted molar refractivity (Wildman–Crippen MR) is 73.9 cm³/mol. The van der Waals surface area contributed by atoms with E-state index in [1.807, 2.05) is 20.8 Å². The Labute approximate surface area is 116 Å². The van der Waals surface area contributed by atoms with Gasteiger partial charge in [0.1, 0.15) is 5.60 Å². The van der Waals surface area contributed by atoms with E-state index in [-0.39, 0.29) is 11.9 Å². The lowest BCUT2D eigenvalue weighted by atomic mass is 9.84. The van der Waals surface area contributed by atoms with Crippen molar-refractivity contribution in [3.63, 3.8) is 0 Å². The van der Waals surface area contributed by atoms with Gasteiger partial charge in [0.25, 0.3) is 0 Å². The molecule has 19 heavy (non-hydrogen) atoms. The van der Waals surface area contributed by atoms with Crippen molar-refractivity contribution in [2.75, 3.05) is 26.3 Å². The van der Waals surface area contributed by atoms with E-state index >= 15 is 0 Å². The van der Waals surface area contributed by atoms with Crippen LogP contribution in [0.15, 0.2) is 0 Å². The SMILES string of the molecule is CC(C)(C)OC(=O)[C@@H]1CNC[C@H]1C[C@@H]1CCCOC1. The lowest BCUT2D eigenvalue weighted by molar-refractivity contribution is -0.161. The fourth-order valence-electron chi connectivity index (χ4n) is 3.06. The average Bonchev–Trinajstić information content (AvgIpc) is 2.76. The number of carbonyl (C=O) groups is 1. The first-order chi connectivity index (χ1) is 8.96. The molecule has 0 aromatic carbocycles. The smallest absolute Gasteiger partial charge is 0.311 e. The summed E-state index contributed by atoms with van der Waals surface area (Å²) in [5, 5.41) is 3.34. The Balaban J connectivity index is 1.87. The van der Waals surface area contributed by atoms with Gasteiger partial charge in [0.15, 0.2) is 0 Å². The minimum Gasteiger partial charge on any atom is -0.460 e. The Hall–Kier alpha value is -0.610. The highest BCUT2D eigenvalue weighted by molar-refractivity contribution is 5.74. The molecule has 2 fully saturated rings. The van der Waals surface area contributed by atoms with Gasteiger partial charge in [-0.15, -0.1) is 0 Å². The van der Waals surface area contributed by atoms with E-state index in [0.717, 1.165) is 39.1 Å². The van der Waals surface area contributed by atoms with Crippen molar-refractivity contribution < 1.29 is 14.3 Å². The molecule has 0 radical (unpaired) electrons. The summed E-state index contributed by atoms with van der Waals surface area (Å²) in [5.41, 5.74) is -0.391. The van der Waals surface area contributed by atoms with Gasteiger partial charge in [-0.1, -0.05) is 0 Å². The Bertz CT molecular complexity index is 305. The summed E-state index contributed by atoms with van der Waals surface area (Å²) in [6, 6.07) is 0. The summed E-state index contributed by atoms with van der Waals surface area (Å²) in [6.07, 6.45) is 3.47. The molecule has 2 aliphatic rings. The lowest BCUT2D eigenvalue weighted by Crippen LogP contribution is -2.33. The maximum Gasteiger partial charge on any atom is 0.311 e. The molecule has 2 rings (SSSR count). The second kappa shape index (κ2) is 6.23. The number of rotatable bonds is 3. The molecule has 0 aromatic rings. The molecule has 0 bridgehead atoms. The molecule has 4 nitrogen and oxygen atoms in total. The molecule has 110 valence electrons. The van der Waals surface area contributed by atoms with Crippen molar-refractivity contribution in [2.45, 2.75) is 45.6 Å². The van der Waals surface area contributed by atoms with Gasteiger partial charge in [0.05, 0.1) is 5.92 Å². The van der Waals surface area contributed by atoms with Crippen LogP contribution in [0.2, 0.25) is 0 Å². The molecule has 4 heteroatoms. The van der Waals surface area contributed by atoms with Crippen LogP contribution in [0.1, 0.15) is 40.0 Å². The second-order valence-corrected chi connectivity index (χ2v) is 6.88. The van der Waals surface area contributed by atoms with Gasteiger partial charge in [0.2, 0.25) is 0 Å². The summed E-state index contributed by atoms with van der Waals surface area (Å²) in [4.78, 5) is 12.2. The minimum atomic E-state index is -0.391. The van der Waals surface area contributed by atoms with E-state index in [2.05, 4.69) is 5.32 Å². The standard InChI is InChI=1S/C15H27NO3/c1-15(2,3)19-14(17)13-9-16-8-12(13)7-11-5-4-6-18-10-11/h11-13,16H,4-10H2,1-3H3/t11-,12+,13+/m0/s1. The van der Waals surface area contributed by atoms with Crippen LogP contribution >= 0.6 is 0 Å². The van der Waals surface area contributed by atoms with Crippen LogP contribution in [0, 0.1) is 17.8 Å². The molecule has 0 saturated carbocycles. The van der Waals surface area contributed by atoms with E-state index in [1.165, 1.54) is 6.42 Å². The molecular formula is C15H27NO3. The highest BCUT2D eigenvalue weighted by Crippen LogP contribution is 2.30. The maximum atomic E-state index is 12.2. The van der Waals surface area contributed by atoms with Crippen LogP contribution in [0.5, 0.6) is 0 Å². The van der Waals surface area contributed by atoms with Gasteiger partial charge < -0.3 is 14.8 Å². The molecule has 0 aliphatic carbocycles. The van der Waals surface area contributed by atoms with Crippen LogP contribution in [0.25, 0.3) is 0 Å². The van der Waals surface area contributed by atoms with E-state index in [1.54, 1.807) is 0 Å². The first-order valence-electron chi connectivity index (χ1n) is 7.47. The number of carbonyl (C=O) groups excluding carboxylic acids is 1. The van der Waals surface area contributed by atoms with Gasteiger partial charge in [-0.3, -0.25) is 4.79 Å². The Morgan fingerprint density at radius 3 is 2.79 bits per heavy atom. The zero-order valence-corrected chi connectivity index (χ0v) is 12.4. The summed E-state index contributed by atoms with van der Waals surface area (Å²) in [6.45, 7) is 9.23. The highest BCUT2D eigenvalue weighted by atomic mass is 16.6. The van der Waals surface area contributed by atoms with E-state index in [4.69, 9.17) is 9.47 Å². The number of hydrogen-bond acceptors (Lipinski definition) is 4. The summed E-state index contributed by atoms with van der Waals surface area (Å²) in [7, 11) is 0. The number of ether oxygens (including phenoxy) is 2. The van der Waals surface area contributed by atoms with Crippen LogP contribution in [-0.4, -0.2) is 37.9 Å². The molecule has 0 spiro atoms. The number of esters is 1. The summed E-state index contributed by atoms with van der Waals surface area (Å²) >= 11 is 0. The summed E-state index contributed by atoms with van der Waals surface area (Å²) in [5.74, 6) is 0.991. The first-order valence-corrected chi connectivity index (χ1v) is 7.47. The largest absolute Gasteiger partial charge is 0.460 e. The maximum absolute atomic E-state index is 12.2. The summed E-state index contributed by atoms with van der Waals surface area (Å²) < 4.78 is 11.1. The Morgan fingerprint density at radius 1 is 1.37 bits per heavy atom. The van der Waals surface area contributed by atoms with Crippen LogP contribution < -0.4 is 5.32 Å². The lowest BCUT2D eigenvalue weighted by Gasteiger charge is -2.28. The molecule has 2 saturated heterocycles. The zero-order chi connectivity index (χ0) is 13.9. The van der Waals surface area contributed by atoms with Crippen LogP contribution in [-0.2, 0) is 14.3 Å². The zero-order valence-electron chi connectivity index (χ0n) is 12.4. The molecule has 3 atom stereocenters. The van der Waals surface area contributed by atoms with Gasteiger partial charge in [0, 0.05) is 19.8 Å². The second-order valence-electron chi connectivity index (χ2n) is 6.88. The number of hydrogen-bond donors (Lipinski definition) is 1. The molecule has 1 N–H and O–H groups in total. The van der Waals surface area contributed by atoms with Gasteiger partial charge in [-0.25, -0.2) is 0 Å². The van der Waals surface area contributed by atoms with Crippen molar-refractivity contribution in [3.8, 4) is 0 Å². The number of nitrogens with one attached hydrogen (secondary N) is 1. The third-order valence-corrected chi connectivity index (χ3v) is 3.94. The quantitative estimate of drug-likeness (QED) is 0.796. The fraction of sp³-hybridized carbons (Fsp3) is 0.933. The average molecular weight is 269 g/mol. The molecular weight excluding hydrogens is 242 g/mol. The molecule has 2 heterocycles. The van der Waals surface area contributed by atoms with Gasteiger partial charge in [-0.2, -0.15) is 0 Å². The van der Waals surface area contributed by atoms with Crippen molar-refractivity contribution in [1.29, 1.82) is 0 Å². The first kappa shape index (κ1) is 14.8. The monoisotopic (exact) mass is 269 g/mol.